The van der Waals surface area contributed by atoms with Gasteiger partial charge in [0.1, 0.15) is 0 Å². The summed E-state index contributed by atoms with van der Waals surface area (Å²) in [5.41, 5.74) is 3.49. The van der Waals surface area contributed by atoms with Gasteiger partial charge in [-0.05, 0) is 25.0 Å². The third kappa shape index (κ3) is 3.08. The van der Waals surface area contributed by atoms with Gasteiger partial charge in [0.2, 0.25) is 0 Å². The number of hydrogen-bond donors (Lipinski definition) is 0. The van der Waals surface area contributed by atoms with Crippen molar-refractivity contribution in [3.05, 3.63) is 73.7 Å². The molecule has 2 aromatic carbocycles. The molecule has 0 atom stereocenters. The normalized spacial score (nSPS) is 13.5. The van der Waals surface area contributed by atoms with Gasteiger partial charge in [0, 0.05) is 0 Å². The fraction of sp³-hybridized carbons (Fsp3) is 0.0625. The number of hydrogen-bond acceptors (Lipinski definition) is 2. The summed E-state index contributed by atoms with van der Waals surface area (Å²) < 4.78 is 0. The van der Waals surface area contributed by atoms with Crippen molar-refractivity contribution in [3.8, 4) is 11.1 Å². The molecule has 2 aromatic rings. The Morgan fingerprint density at radius 3 is 2.47 bits per heavy atom. The molecule has 0 radical (unpaired) electrons. The molecule has 1 heterocycles. The molecular weight excluding hydrogens is 415 g/mol. The van der Waals surface area contributed by atoms with Crippen molar-refractivity contribution in [1.82, 2.24) is 4.90 Å². The Hall–Kier alpha value is -1.53. The molecule has 1 aliphatic rings. The minimum absolute atomic E-state index is 0. The van der Waals surface area contributed by atoms with Crippen LogP contribution in [0.1, 0.15) is 0 Å². The first-order chi connectivity index (χ1) is 8.83. The van der Waals surface area contributed by atoms with Crippen molar-refractivity contribution in [3.63, 3.8) is 0 Å². The third-order valence-corrected chi connectivity index (χ3v) is 2.94. The van der Waals surface area contributed by atoms with Crippen LogP contribution in [-0.4, -0.2) is 11.9 Å². The van der Waals surface area contributed by atoms with Crippen LogP contribution < -0.4 is 4.90 Å². The summed E-state index contributed by atoms with van der Waals surface area (Å²) in [6, 6.07) is 19.8. The largest absolute Gasteiger partial charge is 2.00 e. The zero-order valence-corrected chi connectivity index (χ0v) is 12.8. The quantitative estimate of drug-likeness (QED) is 0.675. The smallest absolute Gasteiger partial charge is 0.510 e. The van der Waals surface area contributed by atoms with Crippen molar-refractivity contribution in [1.29, 1.82) is 0 Å². The second-order valence-electron chi connectivity index (χ2n) is 4.31. The van der Waals surface area contributed by atoms with Gasteiger partial charge in [0.05, 0.1) is 0 Å². The predicted octanol–water partition coefficient (Wildman–Crippen LogP) is 3.49. The molecule has 0 saturated heterocycles. The topological polar surface area (TPSA) is 6.48 Å². The Balaban J connectivity index is 0.00000133. The maximum Gasteiger partial charge on any atom is 2.00 e. The van der Waals surface area contributed by atoms with Gasteiger partial charge in [-0.2, -0.15) is 24.9 Å². The van der Waals surface area contributed by atoms with Gasteiger partial charge in [-0.25, -0.2) is 0 Å². The van der Waals surface area contributed by atoms with Crippen LogP contribution in [0.3, 0.4) is 0 Å². The molecule has 0 unspecified atom stereocenters. The minimum Gasteiger partial charge on any atom is -0.510 e. The van der Waals surface area contributed by atoms with E-state index in [1.807, 2.05) is 43.1 Å². The van der Waals surface area contributed by atoms with E-state index in [1.165, 1.54) is 11.1 Å². The van der Waals surface area contributed by atoms with E-state index in [1.54, 1.807) is 0 Å². The van der Waals surface area contributed by atoms with Crippen LogP contribution in [0.4, 0.5) is 5.69 Å². The summed E-state index contributed by atoms with van der Waals surface area (Å²) >= 11 is 0. The fourth-order valence-electron chi connectivity index (χ4n) is 2.01. The molecular formula is C16H14N2Pt. The van der Waals surface area contributed by atoms with Gasteiger partial charge < -0.3 is 9.80 Å². The van der Waals surface area contributed by atoms with E-state index >= 15 is 0 Å². The molecule has 1 aliphatic heterocycles. The molecule has 3 heteroatoms. The van der Waals surface area contributed by atoms with E-state index in [2.05, 4.69) is 47.4 Å². The first-order valence-corrected chi connectivity index (χ1v) is 5.94. The van der Waals surface area contributed by atoms with Crippen LogP contribution in [0.5, 0.6) is 0 Å². The third-order valence-electron chi connectivity index (χ3n) is 2.94. The molecule has 0 aliphatic carbocycles. The van der Waals surface area contributed by atoms with Crippen molar-refractivity contribution < 1.29 is 21.1 Å². The van der Waals surface area contributed by atoms with E-state index in [0.29, 0.717) is 0 Å². The van der Waals surface area contributed by atoms with Crippen molar-refractivity contribution in [2.75, 3.05) is 11.9 Å². The molecule has 0 saturated carbocycles. The van der Waals surface area contributed by atoms with Gasteiger partial charge in [-0.15, -0.1) is 17.3 Å². The molecule has 3 rings (SSSR count). The summed E-state index contributed by atoms with van der Waals surface area (Å²) in [4.78, 5) is 4.08. The zero-order chi connectivity index (χ0) is 12.4. The van der Waals surface area contributed by atoms with E-state index in [4.69, 9.17) is 0 Å². The van der Waals surface area contributed by atoms with Gasteiger partial charge in [-0.1, -0.05) is 30.3 Å². The van der Waals surface area contributed by atoms with E-state index in [0.717, 1.165) is 5.69 Å². The Bertz CT molecular complexity index is 566. The van der Waals surface area contributed by atoms with Gasteiger partial charge >= 0.3 is 21.1 Å². The Kier molecular flexibility index (Phi) is 4.44. The average molecular weight is 429 g/mol. The maximum atomic E-state index is 3.26. The van der Waals surface area contributed by atoms with Crippen LogP contribution in [0.25, 0.3) is 11.1 Å². The van der Waals surface area contributed by atoms with Crippen LogP contribution >= 0.6 is 0 Å². The average Bonchev–Trinajstić information content (AvgIpc) is 2.87. The van der Waals surface area contributed by atoms with Crippen LogP contribution in [0.2, 0.25) is 0 Å². The van der Waals surface area contributed by atoms with Crippen molar-refractivity contribution in [2.45, 2.75) is 0 Å². The molecule has 0 amide bonds. The number of rotatable bonds is 2. The van der Waals surface area contributed by atoms with Crippen molar-refractivity contribution in [2.24, 2.45) is 0 Å². The second-order valence-corrected chi connectivity index (χ2v) is 4.31. The molecule has 0 spiro atoms. The summed E-state index contributed by atoms with van der Waals surface area (Å²) in [6.07, 6.45) is 4.05. The fourth-order valence-corrected chi connectivity index (χ4v) is 2.01. The Labute approximate surface area is 128 Å². The minimum atomic E-state index is 0. The monoisotopic (exact) mass is 429 g/mol. The molecule has 0 fully saturated rings. The molecule has 98 valence electrons. The summed E-state index contributed by atoms with van der Waals surface area (Å²) in [5.74, 6) is 0. The molecule has 19 heavy (non-hydrogen) atoms. The standard InChI is InChI=1S/C16H14N2.Pt/c1-17-10-11-18(13-17)16-9-5-8-15(12-16)14-6-3-2-4-7-14;/h2-8,10-13H,1H3;/q-2;+2. The molecule has 0 N–H and O–H groups in total. The molecule has 2 nitrogen and oxygen atoms in total. The number of anilines is 1. The summed E-state index contributed by atoms with van der Waals surface area (Å²) in [7, 11) is 2.01. The van der Waals surface area contributed by atoms with Crippen LogP contribution in [0, 0.1) is 12.7 Å². The second kappa shape index (κ2) is 6.07. The Morgan fingerprint density at radius 2 is 1.79 bits per heavy atom. The van der Waals surface area contributed by atoms with Crippen molar-refractivity contribution >= 4 is 5.69 Å². The van der Waals surface area contributed by atoms with Crippen LogP contribution in [0.15, 0.2) is 60.9 Å². The number of nitrogens with zero attached hydrogens (tertiary/aromatic N) is 2. The molecule has 0 bridgehead atoms. The van der Waals surface area contributed by atoms with E-state index in [9.17, 15) is 0 Å². The zero-order valence-electron chi connectivity index (χ0n) is 10.6. The predicted molar refractivity (Wildman–Crippen MR) is 74.4 cm³/mol. The Morgan fingerprint density at radius 1 is 1.00 bits per heavy atom. The van der Waals surface area contributed by atoms with Gasteiger partial charge in [0.25, 0.3) is 0 Å². The van der Waals surface area contributed by atoms with E-state index in [-0.39, 0.29) is 21.1 Å². The van der Waals surface area contributed by atoms with Gasteiger partial charge in [-0.3, -0.25) is 0 Å². The van der Waals surface area contributed by atoms with Gasteiger partial charge in [0.15, 0.2) is 0 Å². The van der Waals surface area contributed by atoms with Crippen LogP contribution in [-0.2, 0) is 21.1 Å². The number of benzene rings is 2. The molecule has 0 aromatic heterocycles. The van der Waals surface area contributed by atoms with E-state index < -0.39 is 0 Å². The maximum absolute atomic E-state index is 3.26. The summed E-state index contributed by atoms with van der Waals surface area (Å²) in [6.45, 7) is 2.03. The SMILES string of the molecule is CN1C=CN(c2[c-]ccc(-c3ccccc3)c2)[CH-]1.[Pt+2]. The first-order valence-electron chi connectivity index (χ1n) is 5.94. The summed E-state index contributed by atoms with van der Waals surface area (Å²) in [5, 5.41) is 0. The first kappa shape index (κ1) is 13.9.